The number of rotatable bonds is 12. The molecule has 0 spiro atoms. The molecule has 1 N–H and O–H groups in total. The van der Waals surface area contributed by atoms with Crippen LogP contribution in [0.25, 0.3) is 11.0 Å². The van der Waals surface area contributed by atoms with Crippen LogP contribution in [0.15, 0.2) is 51.7 Å². The number of fused-ring (bicyclic) bond motifs is 2. The monoisotopic (exact) mass is 492 g/mol. The summed E-state index contributed by atoms with van der Waals surface area (Å²) in [6.45, 7) is 7.87. The molecule has 0 aliphatic carbocycles. The molecule has 0 bridgehead atoms. The van der Waals surface area contributed by atoms with Gasteiger partial charge in [-0.15, -0.1) is 0 Å². The Labute approximate surface area is 212 Å². The average Bonchev–Trinajstić information content (AvgIpc) is 3.17. The SMILES string of the molecule is CCCCN(CCCC)CCCN1C(=O)c2oc3ccccc3c(=O)c2C1c1ccc(O)c(OC)c1. The van der Waals surface area contributed by atoms with Gasteiger partial charge in [-0.25, -0.2) is 0 Å². The lowest BCUT2D eigenvalue weighted by molar-refractivity contribution is 0.0719. The topological polar surface area (TPSA) is 83.2 Å². The number of ether oxygens (including phenoxy) is 1. The van der Waals surface area contributed by atoms with Crippen molar-refractivity contribution in [2.75, 3.05) is 33.3 Å². The molecule has 192 valence electrons. The van der Waals surface area contributed by atoms with Gasteiger partial charge in [0.1, 0.15) is 5.58 Å². The van der Waals surface area contributed by atoms with E-state index >= 15 is 0 Å². The zero-order chi connectivity index (χ0) is 25.7. The Morgan fingerprint density at radius 3 is 2.39 bits per heavy atom. The predicted octanol–water partition coefficient (Wildman–Crippen LogP) is 5.34. The molecule has 3 aromatic rings. The summed E-state index contributed by atoms with van der Waals surface area (Å²) < 4.78 is 11.3. The van der Waals surface area contributed by atoms with Crippen LogP contribution < -0.4 is 10.2 Å². The molecular weight excluding hydrogens is 456 g/mol. The van der Waals surface area contributed by atoms with E-state index in [1.54, 1.807) is 41.3 Å². The van der Waals surface area contributed by atoms with Gasteiger partial charge in [0, 0.05) is 6.54 Å². The number of phenols is 1. The quantitative estimate of drug-likeness (QED) is 0.367. The van der Waals surface area contributed by atoms with Crippen molar-refractivity contribution in [2.24, 2.45) is 0 Å². The molecule has 1 aliphatic rings. The molecule has 7 nitrogen and oxygen atoms in total. The normalized spacial score (nSPS) is 15.2. The van der Waals surface area contributed by atoms with E-state index in [9.17, 15) is 14.7 Å². The van der Waals surface area contributed by atoms with E-state index in [-0.39, 0.29) is 22.8 Å². The largest absolute Gasteiger partial charge is 0.504 e. The zero-order valence-corrected chi connectivity index (χ0v) is 21.5. The first-order valence-electron chi connectivity index (χ1n) is 13.0. The number of methoxy groups -OCH3 is 1. The molecule has 1 unspecified atom stereocenters. The predicted molar refractivity (Wildman–Crippen MR) is 141 cm³/mol. The van der Waals surface area contributed by atoms with Crippen molar-refractivity contribution in [1.29, 1.82) is 0 Å². The number of hydrogen-bond donors (Lipinski definition) is 1. The van der Waals surface area contributed by atoms with Gasteiger partial charge in [-0.3, -0.25) is 9.59 Å². The van der Waals surface area contributed by atoms with Gasteiger partial charge >= 0.3 is 0 Å². The molecule has 2 heterocycles. The lowest BCUT2D eigenvalue weighted by Gasteiger charge is -2.27. The van der Waals surface area contributed by atoms with Crippen molar-refractivity contribution in [2.45, 2.75) is 52.0 Å². The molecular formula is C29H36N2O5. The number of nitrogens with zero attached hydrogens (tertiary/aromatic N) is 2. The summed E-state index contributed by atoms with van der Waals surface area (Å²) in [5.41, 5.74) is 1.25. The van der Waals surface area contributed by atoms with Crippen LogP contribution in [0.4, 0.5) is 0 Å². The Hall–Kier alpha value is -3.32. The number of phenolic OH excluding ortho intramolecular Hbond substituents is 1. The molecule has 0 radical (unpaired) electrons. The first-order valence-corrected chi connectivity index (χ1v) is 13.0. The Bertz CT molecular complexity index is 1260. The molecule has 0 saturated heterocycles. The molecule has 1 aromatic heterocycles. The number of carbonyl (C=O) groups is 1. The maximum absolute atomic E-state index is 13.6. The van der Waals surface area contributed by atoms with Crippen molar-refractivity contribution in [3.05, 3.63) is 69.6 Å². The van der Waals surface area contributed by atoms with Gasteiger partial charge in [-0.1, -0.05) is 44.9 Å². The Morgan fingerprint density at radius 2 is 1.69 bits per heavy atom. The molecule has 0 saturated carbocycles. The minimum absolute atomic E-state index is 0.00498. The molecule has 1 amide bonds. The van der Waals surface area contributed by atoms with Gasteiger partial charge in [0.25, 0.3) is 5.91 Å². The van der Waals surface area contributed by atoms with Gasteiger partial charge in [0.15, 0.2) is 16.9 Å². The molecule has 36 heavy (non-hydrogen) atoms. The van der Waals surface area contributed by atoms with Gasteiger partial charge in [0.2, 0.25) is 5.76 Å². The maximum Gasteiger partial charge on any atom is 0.290 e. The number of carbonyl (C=O) groups excluding carboxylic acids is 1. The zero-order valence-electron chi connectivity index (χ0n) is 21.5. The van der Waals surface area contributed by atoms with Crippen molar-refractivity contribution < 1.29 is 19.1 Å². The van der Waals surface area contributed by atoms with E-state index in [4.69, 9.17) is 9.15 Å². The third-order valence-corrected chi connectivity index (χ3v) is 6.92. The fraction of sp³-hybridized carbons (Fsp3) is 0.448. The average molecular weight is 493 g/mol. The third-order valence-electron chi connectivity index (χ3n) is 6.92. The fourth-order valence-corrected chi connectivity index (χ4v) is 4.97. The molecule has 4 rings (SSSR count). The fourth-order valence-electron chi connectivity index (χ4n) is 4.97. The Balaban J connectivity index is 1.69. The minimum atomic E-state index is -0.609. The van der Waals surface area contributed by atoms with Crippen LogP contribution in [0.3, 0.4) is 0 Å². The summed E-state index contributed by atoms with van der Waals surface area (Å²) in [6.07, 6.45) is 5.38. The lowest BCUT2D eigenvalue weighted by Crippen LogP contribution is -2.34. The van der Waals surface area contributed by atoms with Crippen molar-refractivity contribution >= 4 is 16.9 Å². The lowest BCUT2D eigenvalue weighted by atomic mass is 9.98. The molecule has 2 aromatic carbocycles. The summed E-state index contributed by atoms with van der Waals surface area (Å²) in [5, 5.41) is 10.6. The van der Waals surface area contributed by atoms with E-state index in [1.807, 2.05) is 0 Å². The summed E-state index contributed by atoms with van der Waals surface area (Å²) in [6, 6.07) is 11.4. The van der Waals surface area contributed by atoms with Gasteiger partial charge < -0.3 is 24.1 Å². The van der Waals surface area contributed by atoms with E-state index in [2.05, 4.69) is 18.7 Å². The van der Waals surface area contributed by atoms with Crippen LogP contribution in [0, 0.1) is 0 Å². The second-order valence-corrected chi connectivity index (χ2v) is 9.40. The number of para-hydroxylation sites is 1. The number of unbranched alkanes of at least 4 members (excludes halogenated alkanes) is 2. The van der Waals surface area contributed by atoms with Crippen molar-refractivity contribution in [3.8, 4) is 11.5 Å². The van der Waals surface area contributed by atoms with Crippen LogP contribution >= 0.6 is 0 Å². The molecule has 7 heteroatoms. The van der Waals surface area contributed by atoms with Crippen molar-refractivity contribution in [3.63, 3.8) is 0 Å². The molecule has 0 fully saturated rings. The Morgan fingerprint density at radius 1 is 1.00 bits per heavy atom. The summed E-state index contributed by atoms with van der Waals surface area (Å²) in [5.74, 6) is 0.123. The van der Waals surface area contributed by atoms with Crippen LogP contribution in [0.5, 0.6) is 11.5 Å². The highest BCUT2D eigenvalue weighted by atomic mass is 16.5. The second kappa shape index (κ2) is 11.6. The highest BCUT2D eigenvalue weighted by Gasteiger charge is 2.42. The van der Waals surface area contributed by atoms with E-state index in [0.29, 0.717) is 34.4 Å². The summed E-state index contributed by atoms with van der Waals surface area (Å²) in [7, 11) is 1.48. The highest BCUT2D eigenvalue weighted by molar-refractivity contribution is 5.99. The Kier molecular flexibility index (Phi) is 8.31. The van der Waals surface area contributed by atoms with Crippen LogP contribution in [0.2, 0.25) is 0 Å². The van der Waals surface area contributed by atoms with Crippen LogP contribution in [-0.2, 0) is 0 Å². The number of benzene rings is 2. The van der Waals surface area contributed by atoms with Gasteiger partial charge in [0.05, 0.1) is 24.1 Å². The van der Waals surface area contributed by atoms with E-state index in [1.165, 1.54) is 13.2 Å². The van der Waals surface area contributed by atoms with Crippen LogP contribution in [-0.4, -0.2) is 54.1 Å². The van der Waals surface area contributed by atoms with E-state index in [0.717, 1.165) is 51.7 Å². The summed E-state index contributed by atoms with van der Waals surface area (Å²) in [4.78, 5) is 31.4. The van der Waals surface area contributed by atoms with Crippen molar-refractivity contribution in [1.82, 2.24) is 9.80 Å². The molecule has 1 aliphatic heterocycles. The first kappa shape index (κ1) is 25.8. The standard InChI is InChI=1S/C29H36N2O5/c1-4-6-15-30(16-7-5-2)17-10-18-31-26(20-13-14-22(32)24(19-20)35-3)25-27(33)21-11-8-9-12-23(21)36-28(25)29(31)34/h8-9,11-14,19,26,32H,4-7,10,15-18H2,1-3H3. The van der Waals surface area contributed by atoms with E-state index < -0.39 is 6.04 Å². The molecule has 1 atom stereocenters. The maximum atomic E-state index is 13.6. The number of aromatic hydroxyl groups is 1. The van der Waals surface area contributed by atoms with Gasteiger partial charge in [-0.05, 0) is 68.7 Å². The first-order chi connectivity index (χ1) is 17.5. The smallest absolute Gasteiger partial charge is 0.290 e. The number of hydrogen-bond acceptors (Lipinski definition) is 6. The highest BCUT2D eigenvalue weighted by Crippen LogP contribution is 2.40. The third kappa shape index (κ3) is 5.12. The van der Waals surface area contributed by atoms with Gasteiger partial charge in [-0.2, -0.15) is 0 Å². The van der Waals surface area contributed by atoms with Crippen LogP contribution in [0.1, 0.15) is 73.7 Å². The second-order valence-electron chi connectivity index (χ2n) is 9.40. The minimum Gasteiger partial charge on any atom is -0.504 e. The number of amides is 1. The summed E-state index contributed by atoms with van der Waals surface area (Å²) >= 11 is 0.